The van der Waals surface area contributed by atoms with Crippen LogP contribution in [0.3, 0.4) is 0 Å². The van der Waals surface area contributed by atoms with Gasteiger partial charge < -0.3 is 10.1 Å². The minimum absolute atomic E-state index is 0.205. The number of sulfonamides is 1. The zero-order valence-corrected chi connectivity index (χ0v) is 15.7. The molecular formula is C17H20N2O4S2. The van der Waals surface area contributed by atoms with Crippen molar-refractivity contribution in [3.63, 3.8) is 0 Å². The number of carbonyl (C=O) groups is 1. The van der Waals surface area contributed by atoms with Crippen molar-refractivity contribution in [1.29, 1.82) is 0 Å². The molecule has 2 aromatic rings. The first-order chi connectivity index (χ1) is 11.8. The SMILES string of the molecule is CC1(C)COCCN1S(=O)(=O)c1ccc(NC(=O)c2cccs2)cc1. The molecule has 1 fully saturated rings. The van der Waals surface area contributed by atoms with E-state index in [2.05, 4.69) is 5.32 Å². The highest BCUT2D eigenvalue weighted by Gasteiger charge is 2.39. The molecule has 8 heteroatoms. The summed E-state index contributed by atoms with van der Waals surface area (Å²) in [5.74, 6) is -0.208. The zero-order chi connectivity index (χ0) is 18.1. The van der Waals surface area contributed by atoms with Gasteiger partial charge in [0.1, 0.15) is 0 Å². The number of ether oxygens (including phenoxy) is 1. The van der Waals surface area contributed by atoms with E-state index in [0.29, 0.717) is 30.3 Å². The van der Waals surface area contributed by atoms with Crippen LogP contribution >= 0.6 is 11.3 Å². The third-order valence-corrected chi connectivity index (χ3v) is 7.01. The van der Waals surface area contributed by atoms with Gasteiger partial charge in [-0.2, -0.15) is 4.31 Å². The van der Waals surface area contributed by atoms with Crippen LogP contribution in [0, 0.1) is 0 Å². The second kappa shape index (κ2) is 6.87. The van der Waals surface area contributed by atoms with E-state index in [0.717, 1.165) is 0 Å². The minimum atomic E-state index is -3.62. The summed E-state index contributed by atoms with van der Waals surface area (Å²) in [7, 11) is -3.62. The van der Waals surface area contributed by atoms with Gasteiger partial charge in [0, 0.05) is 12.2 Å². The van der Waals surface area contributed by atoms with Crippen LogP contribution in [-0.4, -0.2) is 43.9 Å². The summed E-state index contributed by atoms with van der Waals surface area (Å²) in [6.45, 7) is 4.77. The number of hydrogen-bond donors (Lipinski definition) is 1. The monoisotopic (exact) mass is 380 g/mol. The van der Waals surface area contributed by atoms with Gasteiger partial charge in [-0.05, 0) is 49.6 Å². The van der Waals surface area contributed by atoms with Crippen LogP contribution in [-0.2, 0) is 14.8 Å². The molecule has 1 aliphatic heterocycles. The highest BCUT2D eigenvalue weighted by atomic mass is 32.2. The van der Waals surface area contributed by atoms with Gasteiger partial charge in [-0.25, -0.2) is 8.42 Å². The fraction of sp³-hybridized carbons (Fsp3) is 0.353. The molecule has 0 radical (unpaired) electrons. The molecule has 134 valence electrons. The van der Waals surface area contributed by atoms with E-state index in [4.69, 9.17) is 4.74 Å². The highest BCUT2D eigenvalue weighted by Crippen LogP contribution is 2.28. The summed E-state index contributed by atoms with van der Waals surface area (Å²) in [5, 5.41) is 4.59. The topological polar surface area (TPSA) is 75.7 Å². The Hall–Kier alpha value is -1.74. The van der Waals surface area contributed by atoms with E-state index in [1.54, 1.807) is 24.3 Å². The minimum Gasteiger partial charge on any atom is -0.378 e. The number of morpholine rings is 1. The predicted molar refractivity (Wildman–Crippen MR) is 97.5 cm³/mol. The summed E-state index contributed by atoms with van der Waals surface area (Å²) in [6, 6.07) is 9.78. The lowest BCUT2D eigenvalue weighted by atomic mass is 10.1. The number of carbonyl (C=O) groups excluding carboxylic acids is 1. The smallest absolute Gasteiger partial charge is 0.265 e. The Morgan fingerprint density at radius 1 is 1.24 bits per heavy atom. The first-order valence-electron chi connectivity index (χ1n) is 7.86. The van der Waals surface area contributed by atoms with Crippen LogP contribution in [0.4, 0.5) is 5.69 Å². The van der Waals surface area contributed by atoms with Crippen molar-refractivity contribution in [3.05, 3.63) is 46.7 Å². The van der Waals surface area contributed by atoms with Crippen LogP contribution in [0.5, 0.6) is 0 Å². The number of anilines is 1. The fourth-order valence-electron chi connectivity index (χ4n) is 2.73. The molecule has 6 nitrogen and oxygen atoms in total. The van der Waals surface area contributed by atoms with Gasteiger partial charge in [-0.15, -0.1) is 11.3 Å². The van der Waals surface area contributed by atoms with Gasteiger partial charge in [0.25, 0.3) is 5.91 Å². The van der Waals surface area contributed by atoms with Crippen LogP contribution < -0.4 is 5.32 Å². The molecule has 1 N–H and O–H groups in total. The van der Waals surface area contributed by atoms with Gasteiger partial charge in [-0.1, -0.05) is 6.07 Å². The third-order valence-electron chi connectivity index (χ3n) is 4.01. The third kappa shape index (κ3) is 3.77. The van der Waals surface area contributed by atoms with Gasteiger partial charge >= 0.3 is 0 Å². The number of hydrogen-bond acceptors (Lipinski definition) is 5. The Morgan fingerprint density at radius 2 is 1.96 bits per heavy atom. The average molecular weight is 380 g/mol. The molecule has 0 saturated carbocycles. The lowest BCUT2D eigenvalue weighted by Gasteiger charge is -2.40. The molecule has 0 spiro atoms. The number of rotatable bonds is 4. The van der Waals surface area contributed by atoms with Crippen molar-refractivity contribution >= 4 is 33.0 Å². The normalized spacial score (nSPS) is 18.0. The van der Waals surface area contributed by atoms with E-state index in [9.17, 15) is 13.2 Å². The average Bonchev–Trinajstić information content (AvgIpc) is 3.09. The molecule has 2 heterocycles. The number of benzene rings is 1. The molecule has 1 aromatic heterocycles. The molecule has 0 unspecified atom stereocenters. The van der Waals surface area contributed by atoms with Gasteiger partial charge in [-0.3, -0.25) is 4.79 Å². The van der Waals surface area contributed by atoms with Crippen molar-refractivity contribution in [2.75, 3.05) is 25.1 Å². The maximum absolute atomic E-state index is 12.9. The summed E-state index contributed by atoms with van der Waals surface area (Å²) in [5.41, 5.74) is -0.0399. The standard InChI is InChI=1S/C17H20N2O4S2/c1-17(2)12-23-10-9-19(17)25(21,22)14-7-5-13(6-8-14)18-16(20)15-4-3-11-24-15/h3-8,11H,9-10,12H2,1-2H3,(H,18,20). The Kier molecular flexibility index (Phi) is 4.97. The molecule has 25 heavy (non-hydrogen) atoms. The fourth-order valence-corrected chi connectivity index (χ4v) is 5.10. The number of amides is 1. The number of thiophene rings is 1. The van der Waals surface area contributed by atoms with Crippen molar-refractivity contribution in [2.45, 2.75) is 24.3 Å². The quantitative estimate of drug-likeness (QED) is 0.885. The molecule has 0 bridgehead atoms. The van der Waals surface area contributed by atoms with Crippen molar-refractivity contribution < 1.29 is 17.9 Å². The lowest BCUT2D eigenvalue weighted by molar-refractivity contribution is -0.00770. The zero-order valence-electron chi connectivity index (χ0n) is 14.1. The van der Waals surface area contributed by atoms with Gasteiger partial charge in [0.05, 0.1) is 28.5 Å². The Balaban J connectivity index is 1.78. The van der Waals surface area contributed by atoms with Crippen LogP contribution in [0.15, 0.2) is 46.7 Å². The molecular weight excluding hydrogens is 360 g/mol. The van der Waals surface area contributed by atoms with Crippen LogP contribution in [0.2, 0.25) is 0 Å². The van der Waals surface area contributed by atoms with Gasteiger partial charge in [0.2, 0.25) is 10.0 Å². The van der Waals surface area contributed by atoms with E-state index in [-0.39, 0.29) is 10.8 Å². The Labute approximate surface area is 151 Å². The second-order valence-electron chi connectivity index (χ2n) is 6.40. The van der Waals surface area contributed by atoms with Crippen LogP contribution in [0.1, 0.15) is 23.5 Å². The molecule has 1 aromatic carbocycles. The molecule has 1 amide bonds. The highest BCUT2D eigenvalue weighted by molar-refractivity contribution is 7.89. The summed E-state index contributed by atoms with van der Waals surface area (Å²) in [6.07, 6.45) is 0. The summed E-state index contributed by atoms with van der Waals surface area (Å²) >= 11 is 1.35. The van der Waals surface area contributed by atoms with Crippen LogP contribution in [0.25, 0.3) is 0 Å². The number of nitrogens with one attached hydrogen (secondary N) is 1. The number of nitrogens with zero attached hydrogens (tertiary/aromatic N) is 1. The second-order valence-corrected chi connectivity index (χ2v) is 9.21. The van der Waals surface area contributed by atoms with Crippen molar-refractivity contribution in [3.8, 4) is 0 Å². The molecule has 1 aliphatic rings. The summed E-state index contributed by atoms with van der Waals surface area (Å²) < 4.78 is 32.7. The Morgan fingerprint density at radius 3 is 2.56 bits per heavy atom. The van der Waals surface area contributed by atoms with E-state index in [1.807, 2.05) is 19.2 Å². The predicted octanol–water partition coefficient (Wildman–Crippen LogP) is 2.80. The largest absolute Gasteiger partial charge is 0.378 e. The molecule has 1 saturated heterocycles. The first-order valence-corrected chi connectivity index (χ1v) is 10.2. The Bertz CT molecular complexity index is 843. The van der Waals surface area contributed by atoms with E-state index < -0.39 is 15.6 Å². The molecule has 3 rings (SSSR count). The molecule has 0 aliphatic carbocycles. The summed E-state index contributed by atoms with van der Waals surface area (Å²) in [4.78, 5) is 12.9. The van der Waals surface area contributed by atoms with Crippen molar-refractivity contribution in [1.82, 2.24) is 4.31 Å². The first kappa shape index (κ1) is 18.1. The molecule has 0 atom stereocenters. The lowest BCUT2D eigenvalue weighted by Crippen LogP contribution is -2.55. The van der Waals surface area contributed by atoms with E-state index in [1.165, 1.54) is 27.8 Å². The van der Waals surface area contributed by atoms with E-state index >= 15 is 0 Å². The van der Waals surface area contributed by atoms with Crippen molar-refractivity contribution in [2.24, 2.45) is 0 Å². The van der Waals surface area contributed by atoms with Gasteiger partial charge in [0.15, 0.2) is 0 Å². The maximum atomic E-state index is 12.9. The maximum Gasteiger partial charge on any atom is 0.265 e.